The van der Waals surface area contributed by atoms with Gasteiger partial charge in [0.1, 0.15) is 11.3 Å². The fourth-order valence-corrected chi connectivity index (χ4v) is 1.98. The van der Waals surface area contributed by atoms with E-state index in [0.29, 0.717) is 12.4 Å². The lowest BCUT2D eigenvalue weighted by Crippen LogP contribution is -2.08. The van der Waals surface area contributed by atoms with E-state index < -0.39 is 0 Å². The van der Waals surface area contributed by atoms with Gasteiger partial charge in [-0.2, -0.15) is 0 Å². The zero-order chi connectivity index (χ0) is 11.0. The summed E-state index contributed by atoms with van der Waals surface area (Å²) in [7, 11) is 0. The minimum absolute atomic E-state index is 0.282. The summed E-state index contributed by atoms with van der Waals surface area (Å²) in [5, 5.41) is 0. The average Bonchev–Trinajstić information content (AvgIpc) is 2.81. The van der Waals surface area contributed by atoms with Crippen molar-refractivity contribution in [2.75, 3.05) is 18.9 Å². The van der Waals surface area contributed by atoms with Gasteiger partial charge in [0.2, 0.25) is 0 Å². The van der Waals surface area contributed by atoms with Crippen LogP contribution in [0.4, 0.5) is 5.82 Å². The summed E-state index contributed by atoms with van der Waals surface area (Å²) in [6, 6.07) is 1.85. The molecule has 1 unspecified atom stereocenters. The molecule has 1 saturated heterocycles. The number of aromatic nitrogens is 3. The lowest BCUT2D eigenvalue weighted by molar-refractivity contribution is 0.193. The summed E-state index contributed by atoms with van der Waals surface area (Å²) >= 11 is 0. The summed E-state index contributed by atoms with van der Waals surface area (Å²) in [6.45, 7) is 1.47. The first-order valence-electron chi connectivity index (χ1n) is 5.29. The van der Waals surface area contributed by atoms with Crippen LogP contribution >= 0.6 is 0 Å². The number of fused-ring (bicyclic) bond motifs is 1. The molecule has 3 rings (SSSR count). The molecule has 2 N–H and O–H groups in total. The number of nitrogens with two attached hydrogens (primary N) is 1. The molecule has 1 fully saturated rings. The maximum atomic E-state index is 5.91. The molecule has 1 aliphatic heterocycles. The molecule has 1 aliphatic rings. The van der Waals surface area contributed by atoms with Crippen LogP contribution < -0.4 is 5.73 Å². The van der Waals surface area contributed by atoms with Crippen molar-refractivity contribution in [2.45, 2.75) is 12.3 Å². The van der Waals surface area contributed by atoms with Crippen molar-refractivity contribution >= 4 is 16.9 Å². The fourth-order valence-electron chi connectivity index (χ4n) is 1.98. The number of anilines is 1. The van der Waals surface area contributed by atoms with Crippen molar-refractivity contribution < 1.29 is 4.74 Å². The Bertz CT molecular complexity index is 522. The molecule has 0 radical (unpaired) electrons. The van der Waals surface area contributed by atoms with Gasteiger partial charge in [-0.05, 0) is 12.5 Å². The van der Waals surface area contributed by atoms with E-state index in [1.54, 1.807) is 12.4 Å². The van der Waals surface area contributed by atoms with Crippen LogP contribution in [0.2, 0.25) is 0 Å². The third kappa shape index (κ3) is 1.49. The van der Waals surface area contributed by atoms with Crippen LogP contribution in [-0.4, -0.2) is 28.2 Å². The lowest BCUT2D eigenvalue weighted by Gasteiger charge is -2.10. The highest BCUT2D eigenvalue weighted by molar-refractivity contribution is 5.74. The molecule has 2 aromatic heterocycles. The lowest BCUT2D eigenvalue weighted by atomic mass is 10.0. The van der Waals surface area contributed by atoms with E-state index in [2.05, 4.69) is 15.0 Å². The molecule has 0 bridgehead atoms. The predicted molar refractivity (Wildman–Crippen MR) is 59.9 cm³/mol. The maximum Gasteiger partial charge on any atom is 0.146 e. The van der Waals surface area contributed by atoms with Gasteiger partial charge < -0.3 is 10.5 Å². The first-order valence-corrected chi connectivity index (χ1v) is 5.29. The molecule has 16 heavy (non-hydrogen) atoms. The van der Waals surface area contributed by atoms with E-state index in [-0.39, 0.29) is 5.92 Å². The molecular formula is C11H12N4O. The zero-order valence-corrected chi connectivity index (χ0v) is 8.76. The Morgan fingerprint density at radius 2 is 2.25 bits per heavy atom. The van der Waals surface area contributed by atoms with E-state index >= 15 is 0 Å². The van der Waals surface area contributed by atoms with E-state index in [9.17, 15) is 0 Å². The molecule has 0 aliphatic carbocycles. The second-order valence-corrected chi connectivity index (χ2v) is 3.92. The molecule has 0 spiro atoms. The van der Waals surface area contributed by atoms with Gasteiger partial charge in [-0.15, -0.1) is 0 Å². The van der Waals surface area contributed by atoms with Crippen LogP contribution in [0.1, 0.15) is 18.0 Å². The fraction of sp³-hybridized carbons (Fsp3) is 0.364. The highest BCUT2D eigenvalue weighted by Crippen LogP contribution is 2.28. The standard InChI is InChI=1S/C11H12N4O/c12-11-10(7-2-4-16-6-7)14-8-1-3-13-5-9(8)15-11/h1,3,5,7H,2,4,6H2,(H2,12,15). The van der Waals surface area contributed by atoms with Crippen LogP contribution in [0.3, 0.4) is 0 Å². The number of ether oxygens (including phenoxy) is 1. The first-order chi connectivity index (χ1) is 7.84. The molecule has 0 amide bonds. The summed E-state index contributed by atoms with van der Waals surface area (Å²) < 4.78 is 5.34. The van der Waals surface area contributed by atoms with E-state index in [1.807, 2.05) is 6.07 Å². The summed E-state index contributed by atoms with van der Waals surface area (Å²) in [5.74, 6) is 0.779. The average molecular weight is 216 g/mol. The molecule has 3 heterocycles. The molecule has 82 valence electrons. The Morgan fingerprint density at radius 1 is 1.31 bits per heavy atom. The van der Waals surface area contributed by atoms with Gasteiger partial charge in [-0.25, -0.2) is 9.97 Å². The van der Waals surface area contributed by atoms with Crippen molar-refractivity contribution in [1.82, 2.24) is 15.0 Å². The van der Waals surface area contributed by atoms with Gasteiger partial charge in [0.05, 0.1) is 24.0 Å². The van der Waals surface area contributed by atoms with Gasteiger partial charge in [-0.3, -0.25) is 4.98 Å². The maximum absolute atomic E-state index is 5.91. The van der Waals surface area contributed by atoms with Crippen LogP contribution in [-0.2, 0) is 4.74 Å². The van der Waals surface area contributed by atoms with Crippen LogP contribution in [0.25, 0.3) is 11.0 Å². The largest absolute Gasteiger partial charge is 0.382 e. The highest BCUT2D eigenvalue weighted by Gasteiger charge is 2.22. The topological polar surface area (TPSA) is 73.9 Å². The Hall–Kier alpha value is -1.75. The number of nitrogen functional groups attached to an aromatic ring is 1. The van der Waals surface area contributed by atoms with Gasteiger partial charge in [-0.1, -0.05) is 0 Å². The Kier molecular flexibility index (Phi) is 2.18. The second kappa shape index (κ2) is 3.68. The summed E-state index contributed by atoms with van der Waals surface area (Å²) in [6.07, 6.45) is 4.35. The normalized spacial score (nSPS) is 20.4. The number of hydrogen-bond donors (Lipinski definition) is 1. The predicted octanol–water partition coefficient (Wildman–Crippen LogP) is 1.11. The number of pyridine rings is 1. The first kappa shape index (κ1) is 9.47. The quantitative estimate of drug-likeness (QED) is 0.773. The third-order valence-corrected chi connectivity index (χ3v) is 2.84. The van der Waals surface area contributed by atoms with Crippen molar-refractivity contribution in [3.8, 4) is 0 Å². The van der Waals surface area contributed by atoms with E-state index in [1.165, 1.54) is 0 Å². The van der Waals surface area contributed by atoms with Crippen molar-refractivity contribution in [1.29, 1.82) is 0 Å². The van der Waals surface area contributed by atoms with Crippen molar-refractivity contribution in [3.63, 3.8) is 0 Å². The smallest absolute Gasteiger partial charge is 0.146 e. The number of rotatable bonds is 1. The summed E-state index contributed by atoms with van der Waals surface area (Å²) in [4.78, 5) is 12.9. The zero-order valence-electron chi connectivity index (χ0n) is 8.76. The Balaban J connectivity index is 2.13. The van der Waals surface area contributed by atoms with Crippen LogP contribution in [0.5, 0.6) is 0 Å². The third-order valence-electron chi connectivity index (χ3n) is 2.84. The molecule has 2 aromatic rings. The SMILES string of the molecule is Nc1nc2cnccc2nc1C1CCOC1. The van der Waals surface area contributed by atoms with E-state index in [0.717, 1.165) is 29.8 Å². The molecule has 1 atom stereocenters. The summed E-state index contributed by atoms with van der Waals surface area (Å²) in [5.41, 5.74) is 8.34. The highest BCUT2D eigenvalue weighted by atomic mass is 16.5. The van der Waals surface area contributed by atoms with Crippen molar-refractivity contribution in [2.24, 2.45) is 0 Å². The minimum Gasteiger partial charge on any atom is -0.382 e. The molecular weight excluding hydrogens is 204 g/mol. The van der Waals surface area contributed by atoms with Gasteiger partial charge in [0.25, 0.3) is 0 Å². The number of nitrogens with zero attached hydrogens (tertiary/aromatic N) is 3. The molecule has 0 saturated carbocycles. The Labute approximate surface area is 92.7 Å². The number of hydrogen-bond acceptors (Lipinski definition) is 5. The van der Waals surface area contributed by atoms with Gasteiger partial charge >= 0.3 is 0 Å². The Morgan fingerprint density at radius 3 is 3.06 bits per heavy atom. The monoisotopic (exact) mass is 216 g/mol. The molecule has 5 nitrogen and oxygen atoms in total. The second-order valence-electron chi connectivity index (χ2n) is 3.92. The van der Waals surface area contributed by atoms with E-state index in [4.69, 9.17) is 10.5 Å². The van der Waals surface area contributed by atoms with Crippen molar-refractivity contribution in [3.05, 3.63) is 24.2 Å². The van der Waals surface area contributed by atoms with Gasteiger partial charge in [0, 0.05) is 18.7 Å². The van der Waals surface area contributed by atoms with Crippen LogP contribution in [0.15, 0.2) is 18.5 Å². The minimum atomic E-state index is 0.282. The molecule has 0 aromatic carbocycles. The molecule has 5 heteroatoms. The van der Waals surface area contributed by atoms with Crippen LogP contribution in [0, 0.1) is 0 Å². The van der Waals surface area contributed by atoms with Gasteiger partial charge in [0.15, 0.2) is 0 Å².